The Balaban J connectivity index is 2.32. The minimum absolute atomic E-state index is 0.00316. The van der Waals surface area contributed by atoms with Gasteiger partial charge < -0.3 is 53.2 Å². The number of unbranched alkanes of at least 4 members (excludes halogenated alkanes) is 1. The lowest BCUT2D eigenvalue weighted by Gasteiger charge is -2.27. The number of imidazole rings is 1. The van der Waals surface area contributed by atoms with Crippen molar-refractivity contribution in [2.24, 2.45) is 17.4 Å². The lowest BCUT2D eigenvalue weighted by Crippen LogP contribution is -2.59. The Bertz CT molecular complexity index is 1480. The maximum Gasteiger partial charge on any atom is 0.326 e. The number of aromatic nitrogens is 2. The molecule has 1 aromatic carbocycles. The minimum Gasteiger partial charge on any atom is -0.508 e. The SMILES string of the molecule is C=CC[C@H](NC(=O)[C@H](CCCCN)NC(=O)[C@@H](Cc1c[nH]cn1)NC(=O)[C@H](C)N)C(=O)N[C@@H](Cc1ccc(O)cc1)C(=O)N[C@@H](CC(C)C)C(=O)O. The highest BCUT2D eigenvalue weighted by Crippen LogP contribution is 2.13. The number of phenolic OH excluding ortho intramolecular Hbond substituents is 1. The normalized spacial score (nSPS) is 14.5. The Morgan fingerprint density at radius 2 is 1.35 bits per heavy atom. The Morgan fingerprint density at radius 3 is 1.88 bits per heavy atom. The second-order valence-electron chi connectivity index (χ2n) is 13.0. The van der Waals surface area contributed by atoms with E-state index in [1.807, 2.05) is 13.8 Å². The summed E-state index contributed by atoms with van der Waals surface area (Å²) in [7, 11) is 0. The summed E-state index contributed by atoms with van der Waals surface area (Å²) in [4.78, 5) is 85.7. The molecule has 0 aliphatic carbocycles. The summed E-state index contributed by atoms with van der Waals surface area (Å²) in [5.74, 6) is -4.83. The molecule has 0 spiro atoms. The number of H-pyrrole nitrogens is 1. The highest BCUT2D eigenvalue weighted by atomic mass is 16.4. The number of aromatic amines is 1. The van der Waals surface area contributed by atoms with Gasteiger partial charge in [-0.15, -0.1) is 6.58 Å². The van der Waals surface area contributed by atoms with Gasteiger partial charge >= 0.3 is 5.97 Å². The molecule has 17 nitrogen and oxygen atoms in total. The van der Waals surface area contributed by atoms with Crippen molar-refractivity contribution in [3.63, 3.8) is 0 Å². The fourth-order valence-electron chi connectivity index (χ4n) is 5.14. The van der Waals surface area contributed by atoms with Crippen molar-refractivity contribution in [2.45, 2.75) is 102 Å². The first-order valence-electron chi connectivity index (χ1n) is 17.2. The standard InChI is InChI=1S/C35H53N9O8/c1-5-8-25(31(47)43-27(16-22-10-12-24(45)13-11-22)33(49)44-29(35(51)52)15-20(2)3)40-32(48)26(9-6-7-14-36)41-34(50)28(42-30(46)21(4)37)17-23-18-38-19-39-23/h5,10-13,18-21,25-29,45H,1,6-9,14-17,36-37H2,2-4H3,(H,38,39)(H,40,48)(H,41,50)(H,42,46)(H,43,47)(H,44,49)(H,51,52)/t21-,25-,26-,27-,28+,29-/m0/s1. The van der Waals surface area contributed by atoms with Gasteiger partial charge in [0.25, 0.3) is 0 Å². The van der Waals surface area contributed by atoms with E-state index >= 15 is 0 Å². The number of hydrogen-bond acceptors (Lipinski definition) is 10. The Hall–Kier alpha value is -5.29. The number of amides is 5. The van der Waals surface area contributed by atoms with Gasteiger partial charge in [-0.2, -0.15) is 0 Å². The van der Waals surface area contributed by atoms with Crippen molar-refractivity contribution in [2.75, 3.05) is 6.54 Å². The van der Waals surface area contributed by atoms with Crippen LogP contribution in [-0.2, 0) is 41.6 Å². The lowest BCUT2D eigenvalue weighted by atomic mass is 10.0. The number of aromatic hydroxyl groups is 1. The smallest absolute Gasteiger partial charge is 0.326 e. The van der Waals surface area contributed by atoms with Gasteiger partial charge in [-0.1, -0.05) is 32.1 Å². The first-order chi connectivity index (χ1) is 24.6. The van der Waals surface area contributed by atoms with Crippen LogP contribution in [0, 0.1) is 5.92 Å². The Morgan fingerprint density at radius 1 is 0.808 bits per heavy atom. The van der Waals surface area contributed by atoms with Gasteiger partial charge in [0.1, 0.15) is 36.0 Å². The zero-order chi connectivity index (χ0) is 38.8. The topological polar surface area (TPSA) is 284 Å². The monoisotopic (exact) mass is 727 g/mol. The number of nitrogens with zero attached hydrogens (tertiary/aromatic N) is 1. The van der Waals surface area contributed by atoms with Crippen LogP contribution < -0.4 is 38.1 Å². The van der Waals surface area contributed by atoms with E-state index in [-0.39, 0.29) is 43.8 Å². The predicted molar refractivity (Wildman–Crippen MR) is 192 cm³/mol. The summed E-state index contributed by atoms with van der Waals surface area (Å²) in [6.45, 7) is 9.09. The van der Waals surface area contributed by atoms with E-state index < -0.39 is 71.8 Å². The van der Waals surface area contributed by atoms with Crippen LogP contribution >= 0.6 is 0 Å². The van der Waals surface area contributed by atoms with E-state index in [0.717, 1.165) is 0 Å². The summed E-state index contributed by atoms with van der Waals surface area (Å²) in [6, 6.07) is -1.03. The van der Waals surface area contributed by atoms with Crippen LogP contribution in [0.4, 0.5) is 0 Å². The number of nitrogens with two attached hydrogens (primary N) is 2. The molecule has 1 aromatic heterocycles. The van der Waals surface area contributed by atoms with E-state index in [4.69, 9.17) is 11.5 Å². The highest BCUT2D eigenvalue weighted by Gasteiger charge is 2.33. The first kappa shape index (κ1) is 42.9. The number of carbonyl (C=O) groups excluding carboxylic acids is 5. The van der Waals surface area contributed by atoms with Crippen LogP contribution in [0.15, 0.2) is 49.4 Å². The highest BCUT2D eigenvalue weighted by molar-refractivity contribution is 5.96. The summed E-state index contributed by atoms with van der Waals surface area (Å²) >= 11 is 0. The number of carbonyl (C=O) groups is 6. The summed E-state index contributed by atoms with van der Waals surface area (Å²) in [6.07, 6.45) is 5.51. The third-order valence-corrected chi connectivity index (χ3v) is 7.96. The number of aliphatic carboxylic acids is 1. The van der Waals surface area contributed by atoms with Crippen LogP contribution in [-0.4, -0.2) is 98.5 Å². The molecule has 0 saturated heterocycles. The molecule has 0 saturated carbocycles. The largest absolute Gasteiger partial charge is 0.508 e. The second-order valence-corrected chi connectivity index (χ2v) is 13.0. The van der Waals surface area contributed by atoms with E-state index in [1.165, 1.54) is 31.5 Å². The Labute approximate surface area is 303 Å². The zero-order valence-corrected chi connectivity index (χ0v) is 29.9. The molecule has 2 rings (SSSR count). The average Bonchev–Trinajstić information content (AvgIpc) is 3.60. The number of carboxylic acids is 1. The summed E-state index contributed by atoms with van der Waals surface area (Å²) in [5.41, 5.74) is 12.4. The van der Waals surface area contributed by atoms with Gasteiger partial charge in [0.15, 0.2) is 0 Å². The van der Waals surface area contributed by atoms with Crippen molar-refractivity contribution in [3.8, 4) is 5.75 Å². The number of rotatable bonds is 23. The maximum atomic E-state index is 13.7. The molecule has 0 aliphatic rings. The minimum atomic E-state index is -1.27. The predicted octanol–water partition coefficient (Wildman–Crippen LogP) is -0.492. The lowest BCUT2D eigenvalue weighted by molar-refractivity contribution is -0.142. The molecule has 6 atom stereocenters. The number of phenols is 1. The molecular weight excluding hydrogens is 674 g/mol. The summed E-state index contributed by atoms with van der Waals surface area (Å²) < 4.78 is 0. The van der Waals surface area contributed by atoms with Gasteiger partial charge in [0.05, 0.1) is 18.1 Å². The zero-order valence-electron chi connectivity index (χ0n) is 29.9. The van der Waals surface area contributed by atoms with Gasteiger partial charge in [-0.05, 0) is 69.2 Å². The van der Waals surface area contributed by atoms with Crippen molar-refractivity contribution in [3.05, 3.63) is 60.7 Å². The molecule has 17 heteroatoms. The van der Waals surface area contributed by atoms with Gasteiger partial charge in [-0.25, -0.2) is 9.78 Å². The van der Waals surface area contributed by atoms with E-state index in [0.29, 0.717) is 30.6 Å². The van der Waals surface area contributed by atoms with E-state index in [1.54, 1.807) is 18.3 Å². The second kappa shape index (κ2) is 21.8. The van der Waals surface area contributed by atoms with Crippen molar-refractivity contribution in [1.82, 2.24) is 36.6 Å². The molecule has 286 valence electrons. The molecule has 12 N–H and O–H groups in total. The summed E-state index contributed by atoms with van der Waals surface area (Å²) in [5, 5.41) is 32.5. The molecule has 0 aliphatic heterocycles. The first-order valence-corrected chi connectivity index (χ1v) is 17.2. The quantitative estimate of drug-likeness (QED) is 0.0515. The van der Waals surface area contributed by atoms with Crippen LogP contribution in [0.1, 0.15) is 64.1 Å². The maximum absolute atomic E-state index is 13.7. The van der Waals surface area contributed by atoms with Crippen LogP contribution in [0.25, 0.3) is 0 Å². The van der Waals surface area contributed by atoms with Crippen LogP contribution in [0.5, 0.6) is 5.75 Å². The molecule has 52 heavy (non-hydrogen) atoms. The van der Waals surface area contributed by atoms with Crippen molar-refractivity contribution < 1.29 is 39.0 Å². The third-order valence-electron chi connectivity index (χ3n) is 7.96. The Kier molecular flexibility index (Phi) is 18.0. The molecule has 1 heterocycles. The molecule has 0 bridgehead atoms. The number of carboxylic acid groups (broad SMARTS) is 1. The van der Waals surface area contributed by atoms with Gasteiger partial charge in [0.2, 0.25) is 29.5 Å². The molecule has 0 unspecified atom stereocenters. The van der Waals surface area contributed by atoms with Crippen LogP contribution in [0.2, 0.25) is 0 Å². The van der Waals surface area contributed by atoms with Crippen LogP contribution in [0.3, 0.4) is 0 Å². The van der Waals surface area contributed by atoms with Gasteiger partial charge in [-0.3, -0.25) is 24.0 Å². The number of nitrogens with one attached hydrogen (secondary N) is 6. The fourth-order valence-corrected chi connectivity index (χ4v) is 5.14. The fraction of sp³-hybridized carbons (Fsp3) is 0.514. The van der Waals surface area contributed by atoms with Gasteiger partial charge in [0, 0.05) is 19.0 Å². The van der Waals surface area contributed by atoms with E-state index in [2.05, 4.69) is 43.1 Å². The number of benzene rings is 1. The van der Waals surface area contributed by atoms with Crippen molar-refractivity contribution in [1.29, 1.82) is 0 Å². The third kappa shape index (κ3) is 14.9. The number of hydrogen-bond donors (Lipinski definition) is 10. The van der Waals surface area contributed by atoms with E-state index in [9.17, 15) is 39.0 Å². The van der Waals surface area contributed by atoms with Crippen molar-refractivity contribution >= 4 is 35.5 Å². The molecular formula is C35H53N9O8. The molecule has 2 aromatic rings. The average molecular weight is 728 g/mol. The molecule has 5 amide bonds. The molecule has 0 radical (unpaired) electrons. The molecule has 0 fully saturated rings.